The third-order valence-corrected chi connectivity index (χ3v) is 4.25. The summed E-state index contributed by atoms with van der Waals surface area (Å²) in [6, 6.07) is 3.80. The molecule has 1 atom stereocenters. The van der Waals surface area contributed by atoms with Crippen molar-refractivity contribution in [2.45, 2.75) is 25.6 Å². The molecule has 1 aliphatic rings. The van der Waals surface area contributed by atoms with E-state index in [1.807, 2.05) is 17.5 Å². The van der Waals surface area contributed by atoms with E-state index in [1.165, 1.54) is 11.3 Å². The minimum Gasteiger partial charge on any atom is -0.350 e. The summed E-state index contributed by atoms with van der Waals surface area (Å²) in [6.45, 7) is 0.958. The number of carbonyl (C=O) groups excluding carboxylic acids is 1. The number of halogens is 3. The summed E-state index contributed by atoms with van der Waals surface area (Å²) in [7, 11) is 0. The monoisotopic (exact) mass is 306 g/mol. The first-order valence-corrected chi connectivity index (χ1v) is 7.41. The van der Waals surface area contributed by atoms with Crippen molar-refractivity contribution in [3.8, 4) is 0 Å². The lowest BCUT2D eigenvalue weighted by molar-refractivity contribution is -0.187. The molecule has 112 valence electrons. The first-order chi connectivity index (χ1) is 9.45. The molecule has 1 aliphatic heterocycles. The maximum atomic E-state index is 12.7. The van der Waals surface area contributed by atoms with Crippen LogP contribution in [0, 0.1) is 5.92 Å². The Hall–Kier alpha value is -1.08. The van der Waals surface area contributed by atoms with Gasteiger partial charge in [-0.1, -0.05) is 6.07 Å². The number of nitrogens with one attached hydrogen (secondary N) is 1. The quantitative estimate of drug-likeness (QED) is 0.927. The van der Waals surface area contributed by atoms with E-state index in [1.54, 1.807) is 4.90 Å². The van der Waals surface area contributed by atoms with E-state index in [4.69, 9.17) is 0 Å². The Balaban J connectivity index is 1.76. The molecule has 1 amide bonds. The molecule has 1 aromatic heterocycles. The number of rotatable bonds is 4. The van der Waals surface area contributed by atoms with E-state index in [-0.39, 0.29) is 25.4 Å². The van der Waals surface area contributed by atoms with Crippen molar-refractivity contribution >= 4 is 17.2 Å². The van der Waals surface area contributed by atoms with Gasteiger partial charge in [0.05, 0.1) is 19.0 Å². The molecule has 0 spiro atoms. The molecule has 2 heterocycles. The van der Waals surface area contributed by atoms with E-state index >= 15 is 0 Å². The van der Waals surface area contributed by atoms with Crippen LogP contribution >= 0.6 is 11.3 Å². The van der Waals surface area contributed by atoms with Gasteiger partial charge in [-0.05, 0) is 30.8 Å². The van der Waals surface area contributed by atoms with Crippen LogP contribution in [0.4, 0.5) is 13.2 Å². The van der Waals surface area contributed by atoms with Crippen LogP contribution in [0.15, 0.2) is 17.5 Å². The van der Waals surface area contributed by atoms with Gasteiger partial charge in [0.1, 0.15) is 0 Å². The van der Waals surface area contributed by atoms with Gasteiger partial charge in [-0.15, -0.1) is 11.3 Å². The zero-order valence-electron chi connectivity index (χ0n) is 10.9. The summed E-state index contributed by atoms with van der Waals surface area (Å²) in [6.07, 6.45) is -3.51. The fraction of sp³-hybridized carbons (Fsp3) is 0.615. The number of carbonyl (C=O) groups is 1. The number of alkyl halides is 3. The van der Waals surface area contributed by atoms with Crippen LogP contribution in [-0.2, 0) is 11.3 Å². The lowest BCUT2D eigenvalue weighted by atomic mass is 9.97. The Morgan fingerprint density at radius 3 is 2.95 bits per heavy atom. The number of thiophene rings is 1. The van der Waals surface area contributed by atoms with Crippen molar-refractivity contribution in [1.82, 2.24) is 10.2 Å². The molecule has 1 unspecified atom stereocenters. The lowest BCUT2D eigenvalue weighted by Crippen LogP contribution is -2.45. The first kappa shape index (κ1) is 15.3. The molecule has 20 heavy (non-hydrogen) atoms. The van der Waals surface area contributed by atoms with Crippen LogP contribution in [0.5, 0.6) is 0 Å². The van der Waals surface area contributed by atoms with E-state index in [2.05, 4.69) is 5.32 Å². The van der Waals surface area contributed by atoms with Gasteiger partial charge >= 0.3 is 6.18 Å². The molecular formula is C13H17F3N2OS. The number of piperidine rings is 1. The Morgan fingerprint density at radius 1 is 1.50 bits per heavy atom. The summed E-state index contributed by atoms with van der Waals surface area (Å²) in [5.41, 5.74) is 0. The molecule has 0 radical (unpaired) electrons. The van der Waals surface area contributed by atoms with Crippen LogP contribution < -0.4 is 5.32 Å². The first-order valence-electron chi connectivity index (χ1n) is 6.53. The van der Waals surface area contributed by atoms with Gasteiger partial charge in [-0.2, -0.15) is 13.2 Å². The van der Waals surface area contributed by atoms with E-state index in [0.717, 1.165) is 4.88 Å². The minimum absolute atomic E-state index is 0.0396. The van der Waals surface area contributed by atoms with Crippen LogP contribution in [-0.4, -0.2) is 36.6 Å². The second-order valence-corrected chi connectivity index (χ2v) is 6.00. The van der Waals surface area contributed by atoms with Crippen LogP contribution in [0.25, 0.3) is 0 Å². The molecule has 3 nitrogen and oxygen atoms in total. The van der Waals surface area contributed by atoms with Gasteiger partial charge in [0.25, 0.3) is 0 Å². The predicted molar refractivity (Wildman–Crippen MR) is 71.4 cm³/mol. The molecule has 0 bridgehead atoms. The summed E-state index contributed by atoms with van der Waals surface area (Å²) >= 11 is 1.54. The molecule has 0 saturated carbocycles. The highest BCUT2D eigenvalue weighted by atomic mass is 32.1. The zero-order chi connectivity index (χ0) is 14.6. The summed E-state index contributed by atoms with van der Waals surface area (Å²) < 4.78 is 38.0. The van der Waals surface area contributed by atoms with Crippen molar-refractivity contribution in [2.24, 2.45) is 5.92 Å². The highest BCUT2D eigenvalue weighted by molar-refractivity contribution is 7.09. The van der Waals surface area contributed by atoms with Gasteiger partial charge in [0.15, 0.2) is 0 Å². The number of hydrogen-bond donors (Lipinski definition) is 1. The number of hydrogen-bond acceptors (Lipinski definition) is 3. The molecule has 1 aromatic rings. The Bertz CT molecular complexity index is 433. The molecule has 0 aliphatic carbocycles. The van der Waals surface area contributed by atoms with E-state index < -0.39 is 12.1 Å². The largest absolute Gasteiger partial charge is 0.393 e. The van der Waals surface area contributed by atoms with Crippen molar-refractivity contribution in [3.63, 3.8) is 0 Å². The molecular weight excluding hydrogens is 289 g/mol. The minimum atomic E-state index is -4.16. The number of likely N-dealkylation sites (tertiary alicyclic amines) is 1. The fourth-order valence-electron chi connectivity index (χ4n) is 2.32. The molecule has 7 heteroatoms. The van der Waals surface area contributed by atoms with E-state index in [0.29, 0.717) is 19.5 Å². The van der Waals surface area contributed by atoms with Crippen molar-refractivity contribution in [1.29, 1.82) is 0 Å². The van der Waals surface area contributed by atoms with Gasteiger partial charge in [0, 0.05) is 11.4 Å². The Labute approximate surface area is 119 Å². The Morgan fingerprint density at radius 2 is 2.30 bits per heavy atom. The van der Waals surface area contributed by atoms with Crippen LogP contribution in [0.2, 0.25) is 0 Å². The smallest absolute Gasteiger partial charge is 0.350 e. The van der Waals surface area contributed by atoms with Crippen molar-refractivity contribution in [3.05, 3.63) is 22.4 Å². The molecule has 1 fully saturated rings. The fourth-order valence-corrected chi connectivity index (χ4v) is 2.97. The predicted octanol–water partition coefficient (Wildman–Crippen LogP) is 2.64. The van der Waals surface area contributed by atoms with Gasteiger partial charge in [-0.3, -0.25) is 9.69 Å². The molecule has 1 N–H and O–H groups in total. The second-order valence-electron chi connectivity index (χ2n) is 4.97. The van der Waals surface area contributed by atoms with Crippen molar-refractivity contribution < 1.29 is 18.0 Å². The standard InChI is InChI=1S/C13H17F3N2OS/c14-13(15,16)10-3-1-5-18(8-10)9-12(19)17-7-11-4-2-6-20-11/h2,4,6,10H,1,3,5,7-9H2,(H,17,19). The molecule has 0 aromatic carbocycles. The topological polar surface area (TPSA) is 32.3 Å². The van der Waals surface area contributed by atoms with Gasteiger partial charge < -0.3 is 5.32 Å². The third kappa shape index (κ3) is 4.49. The summed E-state index contributed by atoms with van der Waals surface area (Å²) in [5.74, 6) is -1.53. The van der Waals surface area contributed by atoms with Crippen molar-refractivity contribution in [2.75, 3.05) is 19.6 Å². The maximum absolute atomic E-state index is 12.7. The average molecular weight is 306 g/mol. The summed E-state index contributed by atoms with van der Waals surface area (Å²) in [5, 5.41) is 4.65. The summed E-state index contributed by atoms with van der Waals surface area (Å²) in [4.78, 5) is 14.4. The third-order valence-electron chi connectivity index (χ3n) is 3.38. The highest BCUT2D eigenvalue weighted by Gasteiger charge is 2.41. The Kier molecular flexibility index (Phi) is 5.04. The average Bonchev–Trinajstić information content (AvgIpc) is 2.89. The maximum Gasteiger partial charge on any atom is 0.393 e. The molecule has 2 rings (SSSR count). The highest BCUT2D eigenvalue weighted by Crippen LogP contribution is 2.32. The lowest BCUT2D eigenvalue weighted by Gasteiger charge is -2.33. The van der Waals surface area contributed by atoms with Crippen LogP contribution in [0.3, 0.4) is 0 Å². The van der Waals surface area contributed by atoms with E-state index in [9.17, 15) is 18.0 Å². The zero-order valence-corrected chi connectivity index (χ0v) is 11.8. The normalized spacial score (nSPS) is 20.9. The van der Waals surface area contributed by atoms with Gasteiger partial charge in [-0.25, -0.2) is 0 Å². The number of amides is 1. The van der Waals surface area contributed by atoms with Gasteiger partial charge in [0.2, 0.25) is 5.91 Å². The van der Waals surface area contributed by atoms with Crippen LogP contribution in [0.1, 0.15) is 17.7 Å². The molecule has 1 saturated heterocycles. The SMILES string of the molecule is O=C(CN1CCCC(C(F)(F)F)C1)NCc1cccs1. The number of nitrogens with zero attached hydrogens (tertiary/aromatic N) is 1. The second kappa shape index (κ2) is 6.58.